The van der Waals surface area contributed by atoms with Gasteiger partial charge in [0.1, 0.15) is 18.3 Å². The van der Waals surface area contributed by atoms with Crippen LogP contribution in [0, 0.1) is 0 Å². The highest BCUT2D eigenvalue weighted by atomic mass is 16.7. The standard InChI is InChI=1S/C9H16O6/c1-5-3-14-9(5)15-4-7(12)8(13)6(11)2-10/h6-13H,1-4H2/t6-,7+,8+,9?/m1/s1. The SMILES string of the molecule is C=C1COC1OC[C@H](O)[C@@H](O)[C@H](O)CO. The van der Waals surface area contributed by atoms with E-state index in [1.54, 1.807) is 0 Å². The van der Waals surface area contributed by atoms with Crippen molar-refractivity contribution in [2.24, 2.45) is 0 Å². The molecule has 4 N–H and O–H groups in total. The van der Waals surface area contributed by atoms with Crippen LogP contribution in [-0.2, 0) is 9.47 Å². The van der Waals surface area contributed by atoms with Gasteiger partial charge in [0, 0.05) is 5.57 Å². The third-order valence-electron chi connectivity index (χ3n) is 2.15. The summed E-state index contributed by atoms with van der Waals surface area (Å²) in [5, 5.41) is 36.1. The van der Waals surface area contributed by atoms with Gasteiger partial charge in [-0.15, -0.1) is 0 Å². The highest BCUT2D eigenvalue weighted by molar-refractivity contribution is 5.06. The maximum atomic E-state index is 9.34. The summed E-state index contributed by atoms with van der Waals surface area (Å²) in [4.78, 5) is 0. The summed E-state index contributed by atoms with van der Waals surface area (Å²) >= 11 is 0. The fourth-order valence-electron chi connectivity index (χ4n) is 1.08. The molecule has 0 radical (unpaired) electrons. The Labute approximate surface area is 87.4 Å². The molecule has 1 fully saturated rings. The average molecular weight is 220 g/mol. The van der Waals surface area contributed by atoms with Crippen molar-refractivity contribution in [3.8, 4) is 0 Å². The molecule has 0 spiro atoms. The summed E-state index contributed by atoms with van der Waals surface area (Å²) in [6, 6.07) is 0. The van der Waals surface area contributed by atoms with E-state index in [0.29, 0.717) is 6.61 Å². The smallest absolute Gasteiger partial charge is 0.182 e. The van der Waals surface area contributed by atoms with Gasteiger partial charge in [-0.05, 0) is 0 Å². The van der Waals surface area contributed by atoms with Crippen LogP contribution in [0.15, 0.2) is 12.2 Å². The molecule has 4 atom stereocenters. The molecule has 1 heterocycles. The zero-order valence-electron chi connectivity index (χ0n) is 8.24. The third kappa shape index (κ3) is 3.23. The molecular weight excluding hydrogens is 204 g/mol. The van der Waals surface area contributed by atoms with Gasteiger partial charge in [0.2, 0.25) is 0 Å². The summed E-state index contributed by atoms with van der Waals surface area (Å²) in [6.07, 6.45) is -4.64. The van der Waals surface area contributed by atoms with Crippen molar-refractivity contribution in [3.63, 3.8) is 0 Å². The lowest BCUT2D eigenvalue weighted by atomic mass is 10.1. The van der Waals surface area contributed by atoms with Crippen LogP contribution in [0.2, 0.25) is 0 Å². The molecule has 6 heteroatoms. The Balaban J connectivity index is 2.22. The number of hydrogen-bond donors (Lipinski definition) is 4. The largest absolute Gasteiger partial charge is 0.394 e. The van der Waals surface area contributed by atoms with Crippen molar-refractivity contribution in [2.75, 3.05) is 19.8 Å². The van der Waals surface area contributed by atoms with Gasteiger partial charge in [0.25, 0.3) is 0 Å². The molecule has 1 unspecified atom stereocenters. The second-order valence-corrected chi connectivity index (χ2v) is 3.44. The Morgan fingerprint density at radius 3 is 2.47 bits per heavy atom. The van der Waals surface area contributed by atoms with E-state index in [1.165, 1.54) is 0 Å². The zero-order valence-corrected chi connectivity index (χ0v) is 8.24. The highest BCUT2D eigenvalue weighted by Gasteiger charge is 2.28. The first-order valence-corrected chi connectivity index (χ1v) is 4.62. The van der Waals surface area contributed by atoms with Crippen LogP contribution < -0.4 is 0 Å². The van der Waals surface area contributed by atoms with Gasteiger partial charge in [-0.25, -0.2) is 0 Å². The van der Waals surface area contributed by atoms with Gasteiger partial charge in [-0.1, -0.05) is 6.58 Å². The van der Waals surface area contributed by atoms with Gasteiger partial charge in [0.05, 0.1) is 19.8 Å². The van der Waals surface area contributed by atoms with Crippen LogP contribution in [0.4, 0.5) is 0 Å². The molecular formula is C9H16O6. The second kappa shape index (κ2) is 5.55. The normalized spacial score (nSPS) is 26.9. The summed E-state index contributed by atoms with van der Waals surface area (Å²) in [7, 11) is 0. The highest BCUT2D eigenvalue weighted by Crippen LogP contribution is 2.18. The van der Waals surface area contributed by atoms with Gasteiger partial charge in [-0.2, -0.15) is 0 Å². The Morgan fingerprint density at radius 2 is 2.07 bits per heavy atom. The van der Waals surface area contributed by atoms with Gasteiger partial charge in [-0.3, -0.25) is 0 Å². The van der Waals surface area contributed by atoms with E-state index >= 15 is 0 Å². The molecule has 88 valence electrons. The zero-order chi connectivity index (χ0) is 11.4. The molecule has 6 nitrogen and oxygen atoms in total. The Kier molecular flexibility index (Phi) is 4.65. The minimum absolute atomic E-state index is 0.193. The minimum Gasteiger partial charge on any atom is -0.394 e. The van der Waals surface area contributed by atoms with Crippen LogP contribution >= 0.6 is 0 Å². The summed E-state index contributed by atoms with van der Waals surface area (Å²) < 4.78 is 9.98. The maximum absolute atomic E-state index is 9.34. The number of rotatable bonds is 6. The molecule has 1 saturated heterocycles. The first-order valence-electron chi connectivity index (χ1n) is 4.62. The quantitative estimate of drug-likeness (QED) is 0.386. The predicted octanol–water partition coefficient (Wildman–Crippen LogP) is -2.01. The molecule has 1 aliphatic heterocycles. The number of aliphatic hydroxyl groups is 4. The van der Waals surface area contributed by atoms with Crippen molar-refractivity contribution in [1.82, 2.24) is 0 Å². The first-order chi connectivity index (χ1) is 7.06. The number of aliphatic hydroxyl groups excluding tert-OH is 4. The lowest BCUT2D eigenvalue weighted by molar-refractivity contribution is -0.192. The maximum Gasteiger partial charge on any atom is 0.182 e. The van der Waals surface area contributed by atoms with E-state index in [2.05, 4.69) is 6.58 Å². The lowest BCUT2D eigenvalue weighted by Gasteiger charge is -2.31. The van der Waals surface area contributed by atoms with E-state index in [4.69, 9.17) is 19.7 Å². The Morgan fingerprint density at radius 1 is 1.40 bits per heavy atom. The molecule has 0 aromatic carbocycles. The van der Waals surface area contributed by atoms with Crippen LogP contribution in [0.25, 0.3) is 0 Å². The molecule has 1 aliphatic rings. The van der Waals surface area contributed by atoms with Crippen molar-refractivity contribution in [3.05, 3.63) is 12.2 Å². The fraction of sp³-hybridized carbons (Fsp3) is 0.778. The van der Waals surface area contributed by atoms with Crippen molar-refractivity contribution < 1.29 is 29.9 Å². The fourth-order valence-corrected chi connectivity index (χ4v) is 1.08. The minimum atomic E-state index is -1.44. The van der Waals surface area contributed by atoms with Gasteiger partial charge < -0.3 is 29.9 Å². The molecule has 0 saturated carbocycles. The van der Waals surface area contributed by atoms with Crippen LogP contribution in [0.3, 0.4) is 0 Å². The molecule has 1 rings (SSSR count). The van der Waals surface area contributed by atoms with Crippen LogP contribution in [-0.4, -0.2) is 64.8 Å². The Bertz CT molecular complexity index is 219. The summed E-state index contributed by atoms with van der Waals surface area (Å²) in [6.45, 7) is 3.25. The van der Waals surface area contributed by atoms with E-state index in [-0.39, 0.29) is 6.61 Å². The van der Waals surface area contributed by atoms with Gasteiger partial charge >= 0.3 is 0 Å². The summed E-state index contributed by atoms with van der Waals surface area (Å²) in [5.41, 5.74) is 0.763. The van der Waals surface area contributed by atoms with Crippen LogP contribution in [0.5, 0.6) is 0 Å². The summed E-state index contributed by atoms with van der Waals surface area (Å²) in [5.74, 6) is 0. The Hall–Kier alpha value is -0.500. The third-order valence-corrected chi connectivity index (χ3v) is 2.15. The molecule has 0 aromatic rings. The van der Waals surface area contributed by atoms with Crippen LogP contribution in [0.1, 0.15) is 0 Å². The van der Waals surface area contributed by atoms with E-state index in [0.717, 1.165) is 5.57 Å². The van der Waals surface area contributed by atoms with Gasteiger partial charge in [0.15, 0.2) is 6.29 Å². The predicted molar refractivity (Wildman–Crippen MR) is 49.9 cm³/mol. The first kappa shape index (κ1) is 12.6. The number of hydrogen-bond acceptors (Lipinski definition) is 6. The van der Waals surface area contributed by atoms with E-state index < -0.39 is 31.2 Å². The van der Waals surface area contributed by atoms with E-state index in [1.807, 2.05) is 0 Å². The molecule has 0 bridgehead atoms. The number of ether oxygens (including phenoxy) is 2. The molecule has 0 amide bonds. The molecule has 0 aromatic heterocycles. The topological polar surface area (TPSA) is 99.4 Å². The van der Waals surface area contributed by atoms with Crippen molar-refractivity contribution >= 4 is 0 Å². The average Bonchev–Trinajstić information content (AvgIpc) is 2.24. The van der Waals surface area contributed by atoms with Crippen molar-refractivity contribution in [1.29, 1.82) is 0 Å². The lowest BCUT2D eigenvalue weighted by Crippen LogP contribution is -2.44. The second-order valence-electron chi connectivity index (χ2n) is 3.44. The van der Waals surface area contributed by atoms with Crippen molar-refractivity contribution in [2.45, 2.75) is 24.6 Å². The monoisotopic (exact) mass is 220 g/mol. The molecule has 0 aliphatic carbocycles. The molecule has 15 heavy (non-hydrogen) atoms. The van der Waals surface area contributed by atoms with E-state index in [9.17, 15) is 10.2 Å².